The second-order valence-electron chi connectivity index (χ2n) is 8.12. The predicted molar refractivity (Wildman–Crippen MR) is 118 cm³/mol. The Kier molecular flexibility index (Phi) is 5.71. The van der Waals surface area contributed by atoms with Crippen LogP contribution in [0.25, 0.3) is 0 Å². The molecule has 170 valence electrons. The molecule has 0 bridgehead atoms. The Morgan fingerprint density at radius 2 is 1.82 bits per heavy atom. The van der Waals surface area contributed by atoms with Crippen LogP contribution in [-0.2, 0) is 22.6 Å². The van der Waals surface area contributed by atoms with E-state index in [1.165, 1.54) is 47.2 Å². The van der Waals surface area contributed by atoms with Gasteiger partial charge in [-0.3, -0.25) is 14.5 Å². The summed E-state index contributed by atoms with van der Waals surface area (Å²) < 4.78 is 19.8. The Labute approximate surface area is 190 Å². The monoisotopic (exact) mass is 450 g/mol. The maximum absolute atomic E-state index is 13.6. The quantitative estimate of drug-likeness (QED) is 0.604. The molecule has 2 amide bonds. The molecule has 0 spiro atoms. The van der Waals surface area contributed by atoms with Crippen LogP contribution in [0.2, 0.25) is 0 Å². The van der Waals surface area contributed by atoms with Gasteiger partial charge in [0.2, 0.25) is 5.91 Å². The van der Waals surface area contributed by atoms with Gasteiger partial charge in [-0.2, -0.15) is 0 Å². The van der Waals surface area contributed by atoms with Crippen LogP contribution in [0.15, 0.2) is 54.9 Å². The first-order chi connectivity index (χ1) is 15.7. The maximum Gasteiger partial charge on any atom is 0.359 e. The average molecular weight is 450 g/mol. The fraction of sp³-hybridized carbons (Fsp3) is 0.250. The van der Waals surface area contributed by atoms with Crippen molar-refractivity contribution in [1.29, 1.82) is 0 Å². The minimum Gasteiger partial charge on any atom is -0.464 e. The highest BCUT2D eigenvalue weighted by molar-refractivity contribution is 6.15. The van der Waals surface area contributed by atoms with E-state index in [4.69, 9.17) is 4.74 Å². The number of nitrogens with zero attached hydrogens (tertiary/aromatic N) is 3. The molecule has 2 heterocycles. The van der Waals surface area contributed by atoms with Crippen molar-refractivity contribution in [3.05, 3.63) is 83.2 Å². The minimum absolute atomic E-state index is 0.00924. The first-order valence-corrected chi connectivity index (χ1v) is 10.3. The molecular formula is C24H23FN4O4. The number of carbonyl (C=O) groups is 3. The normalized spacial score (nSPS) is 17.5. The lowest BCUT2D eigenvalue weighted by atomic mass is 9.93. The number of fused-ring (bicyclic) bond motifs is 1. The summed E-state index contributed by atoms with van der Waals surface area (Å²) in [6, 6.07) is 13.0. The van der Waals surface area contributed by atoms with Gasteiger partial charge in [0.05, 0.1) is 20.0 Å². The molecule has 33 heavy (non-hydrogen) atoms. The number of hydrogen-bond acceptors (Lipinski definition) is 5. The fourth-order valence-electron chi connectivity index (χ4n) is 3.95. The Hall–Kier alpha value is -4.01. The molecule has 1 aliphatic heterocycles. The molecule has 9 heteroatoms. The number of amides is 2. The van der Waals surface area contributed by atoms with Gasteiger partial charge in [-0.05, 0) is 43.7 Å². The van der Waals surface area contributed by atoms with E-state index in [9.17, 15) is 18.8 Å². The van der Waals surface area contributed by atoms with E-state index in [2.05, 4.69) is 10.3 Å². The number of nitrogens with one attached hydrogen (secondary N) is 1. The molecule has 2 aromatic carbocycles. The Balaban J connectivity index is 1.73. The second kappa shape index (κ2) is 8.50. The van der Waals surface area contributed by atoms with Crippen LogP contribution < -0.4 is 10.2 Å². The van der Waals surface area contributed by atoms with Crippen LogP contribution in [0.5, 0.6) is 0 Å². The number of aryl methyl sites for hydroxylation is 1. The fourth-order valence-corrected chi connectivity index (χ4v) is 3.95. The van der Waals surface area contributed by atoms with E-state index in [1.807, 2.05) is 31.2 Å². The highest BCUT2D eigenvalue weighted by Crippen LogP contribution is 2.34. The van der Waals surface area contributed by atoms with Gasteiger partial charge in [0.1, 0.15) is 17.1 Å². The number of aromatic nitrogens is 2. The maximum atomic E-state index is 13.6. The first kappa shape index (κ1) is 22.2. The molecule has 8 nitrogen and oxygen atoms in total. The van der Waals surface area contributed by atoms with E-state index in [0.717, 1.165) is 11.1 Å². The summed E-state index contributed by atoms with van der Waals surface area (Å²) in [5.74, 6) is -2.25. The van der Waals surface area contributed by atoms with Gasteiger partial charge in [-0.1, -0.05) is 29.8 Å². The molecule has 0 radical (unpaired) electrons. The van der Waals surface area contributed by atoms with Crippen molar-refractivity contribution in [2.45, 2.75) is 32.5 Å². The van der Waals surface area contributed by atoms with Crippen molar-refractivity contribution in [2.75, 3.05) is 12.0 Å². The van der Waals surface area contributed by atoms with E-state index in [0.29, 0.717) is 5.69 Å². The topological polar surface area (TPSA) is 93.5 Å². The molecule has 0 fully saturated rings. The number of carbonyl (C=O) groups excluding carboxylic acids is 3. The summed E-state index contributed by atoms with van der Waals surface area (Å²) in [5.41, 5.74) is 0.820. The predicted octanol–water partition coefficient (Wildman–Crippen LogP) is 2.85. The number of halogens is 1. The number of benzene rings is 2. The van der Waals surface area contributed by atoms with Gasteiger partial charge < -0.3 is 14.6 Å². The van der Waals surface area contributed by atoms with Gasteiger partial charge in [-0.15, -0.1) is 0 Å². The molecule has 0 saturated carbocycles. The smallest absolute Gasteiger partial charge is 0.359 e. The zero-order valence-electron chi connectivity index (χ0n) is 18.5. The summed E-state index contributed by atoms with van der Waals surface area (Å²) in [7, 11) is 1.20. The summed E-state index contributed by atoms with van der Waals surface area (Å²) >= 11 is 0. The standard InChI is InChI=1S/C24H23FN4O4/c1-15-4-6-16(7-5-15)12-26-23(32)24(2)13-28-14-27-19(22(31)33-3)20(28)21(30)29(24)18-10-8-17(25)9-11-18/h4-11,14H,12-13H2,1-3H3,(H,26,32)/t24-/m0/s1. The van der Waals surface area contributed by atoms with Gasteiger partial charge in [-0.25, -0.2) is 14.2 Å². The lowest BCUT2D eigenvalue weighted by Gasteiger charge is -2.43. The molecular weight excluding hydrogens is 427 g/mol. The van der Waals surface area contributed by atoms with Crippen molar-refractivity contribution in [2.24, 2.45) is 0 Å². The number of ether oxygens (including phenoxy) is 1. The van der Waals surface area contributed by atoms with Crippen molar-refractivity contribution in [3.8, 4) is 0 Å². The Morgan fingerprint density at radius 1 is 1.15 bits per heavy atom. The van der Waals surface area contributed by atoms with Crippen LogP contribution in [-0.4, -0.2) is 40.0 Å². The van der Waals surface area contributed by atoms with Crippen LogP contribution in [0, 0.1) is 12.7 Å². The summed E-state index contributed by atoms with van der Waals surface area (Å²) in [6.07, 6.45) is 1.34. The zero-order chi connectivity index (χ0) is 23.8. The average Bonchev–Trinajstić information content (AvgIpc) is 3.23. The highest BCUT2D eigenvalue weighted by Gasteiger charge is 2.49. The van der Waals surface area contributed by atoms with E-state index in [1.54, 1.807) is 6.92 Å². The van der Waals surface area contributed by atoms with Crippen LogP contribution in [0.4, 0.5) is 10.1 Å². The van der Waals surface area contributed by atoms with Crippen molar-refractivity contribution >= 4 is 23.5 Å². The van der Waals surface area contributed by atoms with Gasteiger partial charge in [0.25, 0.3) is 5.91 Å². The number of esters is 1. The first-order valence-electron chi connectivity index (χ1n) is 10.3. The van der Waals surface area contributed by atoms with Gasteiger partial charge >= 0.3 is 5.97 Å². The third kappa shape index (κ3) is 3.97. The molecule has 1 N–H and O–H groups in total. The van der Waals surface area contributed by atoms with Crippen molar-refractivity contribution < 1.29 is 23.5 Å². The molecule has 1 atom stereocenters. The van der Waals surface area contributed by atoms with Gasteiger partial charge in [0.15, 0.2) is 5.69 Å². The van der Waals surface area contributed by atoms with Crippen LogP contribution >= 0.6 is 0 Å². The second-order valence-corrected chi connectivity index (χ2v) is 8.12. The third-order valence-corrected chi connectivity index (χ3v) is 5.74. The number of imidazole rings is 1. The molecule has 4 rings (SSSR count). The Bertz CT molecular complexity index is 1220. The Morgan fingerprint density at radius 3 is 2.45 bits per heavy atom. The number of rotatable bonds is 5. The summed E-state index contributed by atoms with van der Waals surface area (Å²) in [4.78, 5) is 44.6. The van der Waals surface area contributed by atoms with E-state index < -0.39 is 29.1 Å². The lowest BCUT2D eigenvalue weighted by Crippen LogP contribution is -2.64. The highest BCUT2D eigenvalue weighted by atomic mass is 19.1. The summed E-state index contributed by atoms with van der Waals surface area (Å²) in [5, 5.41) is 2.90. The van der Waals surface area contributed by atoms with Crippen molar-refractivity contribution in [3.63, 3.8) is 0 Å². The zero-order valence-corrected chi connectivity index (χ0v) is 18.5. The largest absolute Gasteiger partial charge is 0.464 e. The summed E-state index contributed by atoms with van der Waals surface area (Å²) in [6.45, 7) is 3.90. The SMILES string of the molecule is COC(=O)c1ncn2c1C(=O)N(c1ccc(F)cc1)[C@](C)(C(=O)NCc1ccc(C)cc1)C2. The molecule has 1 aromatic heterocycles. The molecule has 1 aliphatic rings. The molecule has 3 aromatic rings. The lowest BCUT2D eigenvalue weighted by molar-refractivity contribution is -0.126. The van der Waals surface area contributed by atoms with E-state index >= 15 is 0 Å². The molecule has 0 unspecified atom stereocenters. The minimum atomic E-state index is -1.37. The number of anilines is 1. The van der Waals surface area contributed by atoms with E-state index in [-0.39, 0.29) is 24.5 Å². The molecule has 0 saturated heterocycles. The van der Waals surface area contributed by atoms with Crippen LogP contribution in [0.1, 0.15) is 39.0 Å². The number of hydrogen-bond donors (Lipinski definition) is 1. The van der Waals surface area contributed by atoms with Crippen LogP contribution in [0.3, 0.4) is 0 Å². The van der Waals surface area contributed by atoms with Gasteiger partial charge in [0, 0.05) is 12.2 Å². The third-order valence-electron chi connectivity index (χ3n) is 5.74. The number of methoxy groups -OCH3 is 1. The molecule has 0 aliphatic carbocycles. The van der Waals surface area contributed by atoms with Crippen molar-refractivity contribution in [1.82, 2.24) is 14.9 Å².